The molecule has 0 bridgehead atoms. The number of nitrogens with one attached hydrogen (secondary N) is 2. The Morgan fingerprint density at radius 3 is 2.32 bits per heavy atom. The standard InChI is InChI=1S/C25H20ClN3O5/c1-33-22-9-5-19(6-10-22)28-24(31)15-34-23-11-2-18(26)13-16(23)12-17(14-27)25(32)29-20-3-7-21(30)8-4-20/h2-13,30H,15H2,1H3,(H,28,31)(H,29,32)/b17-12+. The zero-order chi connectivity index (χ0) is 24.5. The number of hydrogen-bond acceptors (Lipinski definition) is 6. The molecule has 0 aliphatic rings. The Hall–Kier alpha value is -4.48. The van der Waals surface area contributed by atoms with Crippen LogP contribution in [0, 0.1) is 11.3 Å². The van der Waals surface area contributed by atoms with Crippen molar-refractivity contribution >= 4 is 40.9 Å². The van der Waals surface area contributed by atoms with Gasteiger partial charge in [-0.1, -0.05) is 11.6 Å². The van der Waals surface area contributed by atoms with Crippen molar-refractivity contribution in [3.8, 4) is 23.3 Å². The second kappa shape index (κ2) is 11.4. The molecule has 3 aromatic carbocycles. The van der Waals surface area contributed by atoms with E-state index < -0.39 is 11.8 Å². The number of anilines is 2. The van der Waals surface area contributed by atoms with E-state index in [0.29, 0.717) is 27.7 Å². The van der Waals surface area contributed by atoms with Crippen molar-refractivity contribution < 1.29 is 24.2 Å². The number of methoxy groups -OCH3 is 1. The van der Waals surface area contributed by atoms with E-state index in [1.54, 1.807) is 43.5 Å². The summed E-state index contributed by atoms with van der Waals surface area (Å²) in [4.78, 5) is 24.8. The van der Waals surface area contributed by atoms with Crippen LogP contribution in [0.1, 0.15) is 5.56 Å². The van der Waals surface area contributed by atoms with Crippen LogP contribution >= 0.6 is 11.6 Å². The zero-order valence-corrected chi connectivity index (χ0v) is 18.8. The summed E-state index contributed by atoms with van der Waals surface area (Å²) in [6.45, 7) is -0.309. The highest BCUT2D eigenvalue weighted by molar-refractivity contribution is 6.30. The average Bonchev–Trinajstić information content (AvgIpc) is 2.83. The first-order chi connectivity index (χ1) is 16.4. The van der Waals surface area contributed by atoms with Gasteiger partial charge >= 0.3 is 0 Å². The highest BCUT2D eigenvalue weighted by Gasteiger charge is 2.13. The molecule has 0 aliphatic heterocycles. The molecule has 2 amide bonds. The normalized spacial score (nSPS) is 10.7. The number of aromatic hydroxyl groups is 1. The molecule has 0 saturated carbocycles. The number of hydrogen-bond donors (Lipinski definition) is 3. The maximum Gasteiger partial charge on any atom is 0.266 e. The lowest BCUT2D eigenvalue weighted by atomic mass is 10.1. The minimum absolute atomic E-state index is 0.0470. The molecule has 3 N–H and O–H groups in total. The first-order valence-corrected chi connectivity index (χ1v) is 10.3. The predicted octanol–water partition coefficient (Wildman–Crippen LogP) is 4.62. The Bertz CT molecular complexity index is 1250. The van der Waals surface area contributed by atoms with Crippen molar-refractivity contribution in [1.29, 1.82) is 5.26 Å². The largest absolute Gasteiger partial charge is 0.508 e. The van der Waals surface area contributed by atoms with E-state index in [-0.39, 0.29) is 23.7 Å². The van der Waals surface area contributed by atoms with Crippen molar-refractivity contribution in [3.05, 3.63) is 82.9 Å². The van der Waals surface area contributed by atoms with Crippen LogP contribution in [0.4, 0.5) is 11.4 Å². The number of benzene rings is 3. The van der Waals surface area contributed by atoms with Gasteiger partial charge in [0.05, 0.1) is 7.11 Å². The van der Waals surface area contributed by atoms with Crippen LogP contribution in [0.15, 0.2) is 72.3 Å². The van der Waals surface area contributed by atoms with Gasteiger partial charge in [-0.3, -0.25) is 9.59 Å². The highest BCUT2D eigenvalue weighted by Crippen LogP contribution is 2.26. The molecule has 34 heavy (non-hydrogen) atoms. The fourth-order valence-corrected chi connectivity index (χ4v) is 3.01. The summed E-state index contributed by atoms with van der Waals surface area (Å²) in [5.74, 6) is -0.0863. The Morgan fingerprint density at radius 2 is 1.68 bits per heavy atom. The Kier molecular flexibility index (Phi) is 8.11. The molecule has 0 aliphatic carbocycles. The van der Waals surface area contributed by atoms with Crippen LogP contribution in [0.3, 0.4) is 0 Å². The second-order valence-corrected chi connectivity index (χ2v) is 7.35. The lowest BCUT2D eigenvalue weighted by molar-refractivity contribution is -0.118. The third-order valence-corrected chi connectivity index (χ3v) is 4.73. The first-order valence-electron chi connectivity index (χ1n) is 9.96. The van der Waals surface area contributed by atoms with E-state index in [2.05, 4.69) is 10.6 Å². The number of carbonyl (C=O) groups excluding carboxylic acids is 2. The Morgan fingerprint density at radius 1 is 1.03 bits per heavy atom. The molecule has 172 valence electrons. The van der Waals surface area contributed by atoms with Gasteiger partial charge in [-0.2, -0.15) is 5.26 Å². The second-order valence-electron chi connectivity index (χ2n) is 6.92. The lowest BCUT2D eigenvalue weighted by Gasteiger charge is -2.11. The lowest BCUT2D eigenvalue weighted by Crippen LogP contribution is -2.20. The Labute approximate surface area is 201 Å². The molecule has 0 heterocycles. The molecule has 3 rings (SSSR count). The molecule has 0 fully saturated rings. The topological polar surface area (TPSA) is 121 Å². The van der Waals surface area contributed by atoms with Gasteiger partial charge in [0.25, 0.3) is 11.8 Å². The molecule has 9 heteroatoms. The molecule has 0 unspecified atom stereocenters. The van der Waals surface area contributed by atoms with Crippen molar-refractivity contribution in [2.24, 2.45) is 0 Å². The maximum atomic E-state index is 12.5. The van der Waals surface area contributed by atoms with Crippen LogP contribution in [0.5, 0.6) is 17.2 Å². The number of rotatable bonds is 8. The summed E-state index contributed by atoms with van der Waals surface area (Å²) in [5.41, 5.74) is 1.12. The fourth-order valence-electron chi connectivity index (χ4n) is 2.83. The van der Waals surface area contributed by atoms with Gasteiger partial charge in [-0.25, -0.2) is 0 Å². The predicted molar refractivity (Wildman–Crippen MR) is 129 cm³/mol. The number of phenolic OH excluding ortho intramolecular Hbond substituents is 1. The average molecular weight is 478 g/mol. The van der Waals surface area contributed by atoms with Crippen LogP contribution in [-0.2, 0) is 9.59 Å². The van der Waals surface area contributed by atoms with Crippen molar-refractivity contribution in [3.63, 3.8) is 0 Å². The monoisotopic (exact) mass is 477 g/mol. The number of carbonyl (C=O) groups is 2. The molecule has 0 radical (unpaired) electrons. The number of nitriles is 1. The van der Waals surface area contributed by atoms with Gasteiger partial charge < -0.3 is 25.2 Å². The fraction of sp³-hybridized carbons (Fsp3) is 0.0800. The maximum absolute atomic E-state index is 12.5. The van der Waals surface area contributed by atoms with Crippen LogP contribution in [-0.4, -0.2) is 30.6 Å². The third kappa shape index (κ3) is 6.76. The van der Waals surface area contributed by atoms with Crippen LogP contribution in [0.2, 0.25) is 5.02 Å². The molecule has 0 saturated heterocycles. The van der Waals surface area contributed by atoms with Gasteiger partial charge in [0.15, 0.2) is 6.61 Å². The van der Waals surface area contributed by atoms with Gasteiger partial charge in [-0.05, 0) is 72.8 Å². The number of phenols is 1. The molecule has 0 spiro atoms. The van der Waals surface area contributed by atoms with Crippen molar-refractivity contribution in [2.45, 2.75) is 0 Å². The highest BCUT2D eigenvalue weighted by atomic mass is 35.5. The molecular weight excluding hydrogens is 458 g/mol. The zero-order valence-electron chi connectivity index (χ0n) is 18.0. The van der Waals surface area contributed by atoms with E-state index in [1.807, 2.05) is 6.07 Å². The van der Waals surface area contributed by atoms with E-state index in [0.717, 1.165) is 0 Å². The summed E-state index contributed by atoms with van der Waals surface area (Å²) in [7, 11) is 1.55. The molecule has 0 atom stereocenters. The van der Waals surface area contributed by atoms with Crippen LogP contribution in [0.25, 0.3) is 6.08 Å². The summed E-state index contributed by atoms with van der Waals surface area (Å²) in [6, 6.07) is 19.1. The van der Waals surface area contributed by atoms with Gasteiger partial charge in [0.2, 0.25) is 0 Å². The third-order valence-electron chi connectivity index (χ3n) is 4.49. The summed E-state index contributed by atoms with van der Waals surface area (Å²) in [6.07, 6.45) is 1.32. The van der Waals surface area contributed by atoms with E-state index in [4.69, 9.17) is 21.1 Å². The molecule has 3 aromatic rings. The number of nitrogens with zero attached hydrogens (tertiary/aromatic N) is 1. The van der Waals surface area contributed by atoms with Crippen molar-refractivity contribution in [2.75, 3.05) is 24.4 Å². The van der Waals surface area contributed by atoms with Crippen LogP contribution < -0.4 is 20.1 Å². The van der Waals surface area contributed by atoms with Gasteiger partial charge in [-0.15, -0.1) is 0 Å². The smallest absolute Gasteiger partial charge is 0.266 e. The Balaban J connectivity index is 1.71. The molecule has 8 nitrogen and oxygen atoms in total. The van der Waals surface area contributed by atoms with E-state index in [1.165, 1.54) is 36.4 Å². The summed E-state index contributed by atoms with van der Waals surface area (Å²) >= 11 is 6.08. The minimum Gasteiger partial charge on any atom is -0.508 e. The van der Waals surface area contributed by atoms with Crippen molar-refractivity contribution in [1.82, 2.24) is 0 Å². The number of halogens is 1. The SMILES string of the molecule is COc1ccc(NC(=O)COc2ccc(Cl)cc2/C=C(\C#N)C(=O)Nc2ccc(O)cc2)cc1. The molecular formula is C25H20ClN3O5. The van der Waals surface area contributed by atoms with E-state index >= 15 is 0 Å². The molecule has 0 aromatic heterocycles. The first kappa shape index (κ1) is 24.2. The summed E-state index contributed by atoms with van der Waals surface area (Å²) < 4.78 is 10.7. The van der Waals surface area contributed by atoms with Gasteiger partial charge in [0, 0.05) is 22.0 Å². The van der Waals surface area contributed by atoms with E-state index in [9.17, 15) is 20.0 Å². The number of amides is 2. The summed E-state index contributed by atoms with van der Waals surface area (Å²) in [5, 5.41) is 24.5. The van der Waals surface area contributed by atoms with Gasteiger partial charge in [0.1, 0.15) is 28.9 Å². The quantitative estimate of drug-likeness (QED) is 0.247. The number of ether oxygens (including phenoxy) is 2. The minimum atomic E-state index is -0.656.